The lowest BCUT2D eigenvalue weighted by molar-refractivity contribution is -0.137. The predicted octanol–water partition coefficient (Wildman–Crippen LogP) is 5.28. The second-order valence-electron chi connectivity index (χ2n) is 11.9. The van der Waals surface area contributed by atoms with Crippen LogP contribution in [0, 0.1) is 12.8 Å². The summed E-state index contributed by atoms with van der Waals surface area (Å²) < 4.78 is 49.7. The molecule has 5 heterocycles. The van der Waals surface area contributed by atoms with Crippen LogP contribution < -0.4 is 4.90 Å². The number of ether oxygens (including phenoxy) is 1. The van der Waals surface area contributed by atoms with E-state index < -0.39 is 11.7 Å². The second-order valence-corrected chi connectivity index (χ2v) is 11.9. The average Bonchev–Trinajstić information content (AvgIpc) is 3.66. The van der Waals surface area contributed by atoms with Gasteiger partial charge in [-0.15, -0.1) is 10.2 Å². The summed E-state index contributed by atoms with van der Waals surface area (Å²) >= 11 is 0. The van der Waals surface area contributed by atoms with Gasteiger partial charge in [0.15, 0.2) is 11.5 Å². The molecule has 0 amide bonds. The fraction of sp³-hybridized carbons (Fsp3) is 0.586. The Morgan fingerprint density at radius 3 is 2.46 bits per heavy atom. The highest BCUT2D eigenvalue weighted by Gasteiger charge is 2.38. The monoisotopic (exact) mass is 570 g/mol. The molecule has 0 bridgehead atoms. The first-order valence-electron chi connectivity index (χ1n) is 14.4. The first kappa shape index (κ1) is 27.9. The van der Waals surface area contributed by atoms with Crippen molar-refractivity contribution in [3.05, 3.63) is 47.5 Å². The number of alkyl halides is 3. The van der Waals surface area contributed by atoms with Gasteiger partial charge in [0.2, 0.25) is 0 Å². The van der Waals surface area contributed by atoms with E-state index in [1.165, 1.54) is 12.1 Å². The van der Waals surface area contributed by atoms with Crippen LogP contribution in [0.15, 0.2) is 30.6 Å². The van der Waals surface area contributed by atoms with Gasteiger partial charge >= 0.3 is 6.18 Å². The fourth-order valence-electron chi connectivity index (χ4n) is 6.63. The Balaban J connectivity index is 1.33. The van der Waals surface area contributed by atoms with Crippen LogP contribution in [0.1, 0.15) is 63.5 Å². The minimum atomic E-state index is -4.35. The summed E-state index contributed by atoms with van der Waals surface area (Å²) in [5.74, 6) is 2.40. The van der Waals surface area contributed by atoms with Gasteiger partial charge in [-0.25, -0.2) is 9.38 Å². The van der Waals surface area contributed by atoms with E-state index in [1.807, 2.05) is 11.3 Å². The Morgan fingerprint density at radius 2 is 1.80 bits per heavy atom. The molecule has 3 aromatic heterocycles. The van der Waals surface area contributed by atoms with Crippen LogP contribution in [-0.4, -0.2) is 71.9 Å². The predicted molar refractivity (Wildman–Crippen MR) is 150 cm³/mol. The van der Waals surface area contributed by atoms with Crippen LogP contribution in [0.5, 0.6) is 0 Å². The van der Waals surface area contributed by atoms with Gasteiger partial charge in [-0.1, -0.05) is 26.0 Å². The number of rotatable bonds is 6. The molecule has 2 fully saturated rings. The van der Waals surface area contributed by atoms with E-state index in [4.69, 9.17) is 14.7 Å². The quantitative estimate of drug-likeness (QED) is 0.312. The Kier molecular flexibility index (Phi) is 7.17. The van der Waals surface area contributed by atoms with Gasteiger partial charge in [0.05, 0.1) is 18.2 Å². The number of imidazole rings is 1. The number of aromatic nitrogens is 6. The Morgan fingerprint density at radius 1 is 1.05 bits per heavy atom. The molecule has 2 saturated heterocycles. The van der Waals surface area contributed by atoms with Gasteiger partial charge in [0.1, 0.15) is 17.7 Å². The number of nitrogens with zero attached hydrogens (tertiary/aromatic N) is 8. The molecule has 1 unspecified atom stereocenters. The number of halogens is 3. The fourth-order valence-corrected chi connectivity index (χ4v) is 6.63. The lowest BCUT2D eigenvalue weighted by atomic mass is 9.90. The number of piperazine rings is 1. The van der Waals surface area contributed by atoms with E-state index in [1.54, 1.807) is 18.5 Å². The summed E-state index contributed by atoms with van der Waals surface area (Å²) in [5, 5.41) is 8.44. The summed E-state index contributed by atoms with van der Waals surface area (Å²) in [6, 6.07) is 5.82. The minimum Gasteiger partial charge on any atom is -0.376 e. The first-order valence-corrected chi connectivity index (χ1v) is 14.4. The molecule has 0 saturated carbocycles. The van der Waals surface area contributed by atoms with Crippen molar-refractivity contribution in [2.24, 2.45) is 5.92 Å². The van der Waals surface area contributed by atoms with E-state index in [0.717, 1.165) is 54.4 Å². The number of aryl methyl sites for hydroxylation is 1. The molecule has 2 aliphatic heterocycles. The van der Waals surface area contributed by atoms with E-state index in [9.17, 15) is 13.2 Å². The van der Waals surface area contributed by atoms with Crippen molar-refractivity contribution in [3.8, 4) is 0 Å². The van der Waals surface area contributed by atoms with Crippen LogP contribution in [0.3, 0.4) is 0 Å². The minimum absolute atomic E-state index is 0.0169. The third-order valence-electron chi connectivity index (χ3n) is 8.59. The Bertz CT molecular complexity index is 1520. The van der Waals surface area contributed by atoms with Crippen LogP contribution in [0.4, 0.5) is 19.0 Å². The zero-order valence-electron chi connectivity index (χ0n) is 24.1. The summed E-state index contributed by atoms with van der Waals surface area (Å²) in [6.45, 7) is 13.5. The first-order chi connectivity index (χ1) is 19.5. The molecule has 0 radical (unpaired) electrons. The molecule has 2 aliphatic rings. The van der Waals surface area contributed by atoms with E-state index in [-0.39, 0.29) is 30.1 Å². The third-order valence-corrected chi connectivity index (χ3v) is 8.59. The van der Waals surface area contributed by atoms with Crippen molar-refractivity contribution in [1.82, 2.24) is 34.0 Å². The van der Waals surface area contributed by atoms with Gasteiger partial charge in [-0.2, -0.15) is 18.2 Å². The Labute approximate surface area is 237 Å². The van der Waals surface area contributed by atoms with Crippen molar-refractivity contribution >= 4 is 22.8 Å². The van der Waals surface area contributed by atoms with Crippen molar-refractivity contribution < 1.29 is 17.9 Å². The van der Waals surface area contributed by atoms with Crippen molar-refractivity contribution in [3.63, 3.8) is 0 Å². The molecular weight excluding hydrogens is 533 g/mol. The van der Waals surface area contributed by atoms with Gasteiger partial charge in [-0.05, 0) is 57.2 Å². The molecule has 9 nitrogen and oxygen atoms in total. The summed E-state index contributed by atoms with van der Waals surface area (Å²) in [6.07, 6.45) is -0.430. The number of fused-ring (bicyclic) bond motifs is 3. The molecule has 4 aromatic rings. The number of anilines is 1. The normalized spacial score (nSPS) is 23.3. The standard InChI is InChI=1S/C29H37F3N8O/c1-17(2)25(21-8-10-22(11-9-21)29(30,31)32)37-13-19(4)38(14-18(37)3)26-24-27(40-16-33-36-28(40)35-26)39(20(5)34-24)15-23-7-6-12-41-23/h8-11,16-19,23,25H,6-7,12-15H2,1-5H3/t18-,19+,23?,25-/m1/s1. The van der Waals surface area contributed by atoms with Crippen LogP contribution in [0.25, 0.3) is 16.9 Å². The highest BCUT2D eigenvalue weighted by atomic mass is 19.4. The van der Waals surface area contributed by atoms with Crippen LogP contribution in [-0.2, 0) is 17.5 Å². The number of hydrogen-bond donors (Lipinski definition) is 0. The van der Waals surface area contributed by atoms with E-state index in [0.29, 0.717) is 18.9 Å². The van der Waals surface area contributed by atoms with Crippen LogP contribution >= 0.6 is 0 Å². The third kappa shape index (κ3) is 5.05. The Hall–Kier alpha value is -3.25. The molecule has 0 aliphatic carbocycles. The molecule has 4 atom stereocenters. The number of hydrogen-bond acceptors (Lipinski definition) is 7. The SMILES string of the molecule is Cc1nc2c(N3C[C@@H](C)N([C@@H](c4ccc(C(F)(F)F)cc4)C(C)C)C[C@@H]3C)nc3nncn3c2n1CC1CCCO1. The van der Waals surface area contributed by atoms with E-state index >= 15 is 0 Å². The van der Waals surface area contributed by atoms with Gasteiger partial charge < -0.3 is 14.2 Å². The average molecular weight is 571 g/mol. The highest BCUT2D eigenvalue weighted by molar-refractivity contribution is 5.87. The lowest BCUT2D eigenvalue weighted by Gasteiger charge is -2.49. The van der Waals surface area contributed by atoms with Crippen molar-refractivity contribution in [2.45, 2.75) is 84.4 Å². The number of benzene rings is 1. The molecule has 41 heavy (non-hydrogen) atoms. The van der Waals surface area contributed by atoms with Crippen molar-refractivity contribution in [2.75, 3.05) is 24.6 Å². The summed E-state index contributed by atoms with van der Waals surface area (Å²) in [7, 11) is 0. The second kappa shape index (κ2) is 10.5. The molecule has 6 rings (SSSR count). The van der Waals surface area contributed by atoms with Gasteiger partial charge in [-0.3, -0.25) is 4.90 Å². The summed E-state index contributed by atoms with van der Waals surface area (Å²) in [5.41, 5.74) is 2.00. The zero-order valence-corrected chi connectivity index (χ0v) is 24.1. The van der Waals surface area contributed by atoms with Gasteiger partial charge in [0.25, 0.3) is 5.78 Å². The maximum atomic E-state index is 13.2. The molecule has 12 heteroatoms. The lowest BCUT2D eigenvalue weighted by Crippen LogP contribution is -2.58. The van der Waals surface area contributed by atoms with E-state index in [2.05, 4.69) is 52.3 Å². The smallest absolute Gasteiger partial charge is 0.376 e. The maximum absolute atomic E-state index is 13.2. The van der Waals surface area contributed by atoms with Crippen LogP contribution in [0.2, 0.25) is 0 Å². The molecular formula is C29H37F3N8O. The largest absolute Gasteiger partial charge is 0.416 e. The molecule has 1 aromatic carbocycles. The molecule has 220 valence electrons. The maximum Gasteiger partial charge on any atom is 0.416 e. The zero-order chi connectivity index (χ0) is 29.1. The summed E-state index contributed by atoms with van der Waals surface area (Å²) in [4.78, 5) is 14.7. The molecule has 0 spiro atoms. The highest BCUT2D eigenvalue weighted by Crippen LogP contribution is 2.37. The topological polar surface area (TPSA) is 76.6 Å². The van der Waals surface area contributed by atoms with Gasteiger partial charge in [0, 0.05) is 37.8 Å². The van der Waals surface area contributed by atoms with Crippen molar-refractivity contribution in [1.29, 1.82) is 0 Å². The molecule has 0 N–H and O–H groups in total.